The first kappa shape index (κ1) is 13.3. The summed E-state index contributed by atoms with van der Waals surface area (Å²) in [5.74, 6) is -0.726. The summed E-state index contributed by atoms with van der Waals surface area (Å²) >= 11 is 0. The van der Waals surface area contributed by atoms with Crippen LogP contribution in [0.4, 0.5) is 13.2 Å². The molecule has 0 aliphatic heterocycles. The number of hydrogen-bond acceptors (Lipinski definition) is 1. The van der Waals surface area contributed by atoms with E-state index < -0.39 is 17.6 Å². The smallest absolute Gasteiger partial charge is 0.352 e. The van der Waals surface area contributed by atoms with Gasteiger partial charge in [-0.1, -0.05) is 18.7 Å². The summed E-state index contributed by atoms with van der Waals surface area (Å²) in [5, 5.41) is 2.35. The molecule has 1 aromatic carbocycles. The molecule has 1 rings (SSSR count). The standard InChI is InChI=1S/C12H12F3NO/c1-3-8-5-6-9(11(17)16-4-2)10(7-8)12(13,14)15/h3,5-7H,1,4H2,2H3,(H,16,17). The lowest BCUT2D eigenvalue weighted by molar-refractivity contribution is -0.137. The van der Waals surface area contributed by atoms with Crippen LogP contribution in [-0.4, -0.2) is 12.5 Å². The Hall–Kier alpha value is -1.78. The van der Waals surface area contributed by atoms with Crippen LogP contribution in [0.3, 0.4) is 0 Å². The minimum atomic E-state index is -4.56. The molecule has 0 heterocycles. The summed E-state index contributed by atoms with van der Waals surface area (Å²) in [7, 11) is 0. The molecule has 5 heteroatoms. The van der Waals surface area contributed by atoms with Crippen molar-refractivity contribution in [1.82, 2.24) is 5.32 Å². The van der Waals surface area contributed by atoms with Gasteiger partial charge in [-0.3, -0.25) is 4.79 Å². The summed E-state index contributed by atoms with van der Waals surface area (Å²) in [6.07, 6.45) is -3.25. The van der Waals surface area contributed by atoms with Crippen molar-refractivity contribution >= 4 is 12.0 Å². The summed E-state index contributed by atoms with van der Waals surface area (Å²) in [6, 6.07) is 3.50. The third-order valence-corrected chi connectivity index (χ3v) is 2.17. The van der Waals surface area contributed by atoms with Gasteiger partial charge in [0.15, 0.2) is 0 Å². The van der Waals surface area contributed by atoms with Crippen LogP contribution in [-0.2, 0) is 6.18 Å². The van der Waals surface area contributed by atoms with Crippen LogP contribution in [0.25, 0.3) is 6.08 Å². The fourth-order valence-corrected chi connectivity index (χ4v) is 1.38. The maximum atomic E-state index is 12.8. The van der Waals surface area contributed by atoms with Gasteiger partial charge in [0.2, 0.25) is 0 Å². The van der Waals surface area contributed by atoms with Crippen LogP contribution < -0.4 is 5.32 Å². The zero-order valence-corrected chi connectivity index (χ0v) is 9.27. The van der Waals surface area contributed by atoms with E-state index >= 15 is 0 Å². The molecule has 0 atom stereocenters. The molecule has 0 bridgehead atoms. The maximum Gasteiger partial charge on any atom is 0.417 e. The number of hydrogen-bond donors (Lipinski definition) is 1. The molecule has 0 aromatic heterocycles. The molecule has 17 heavy (non-hydrogen) atoms. The van der Waals surface area contributed by atoms with Crippen molar-refractivity contribution in [2.75, 3.05) is 6.54 Å². The van der Waals surface area contributed by atoms with E-state index in [9.17, 15) is 18.0 Å². The lowest BCUT2D eigenvalue weighted by Gasteiger charge is -2.13. The number of rotatable bonds is 3. The molecular weight excluding hydrogens is 231 g/mol. The average molecular weight is 243 g/mol. The predicted octanol–water partition coefficient (Wildman–Crippen LogP) is 3.10. The first-order chi connectivity index (χ1) is 7.90. The third-order valence-electron chi connectivity index (χ3n) is 2.17. The van der Waals surface area contributed by atoms with Crippen molar-refractivity contribution in [2.45, 2.75) is 13.1 Å². The number of amides is 1. The van der Waals surface area contributed by atoms with Crippen molar-refractivity contribution in [3.8, 4) is 0 Å². The minimum absolute atomic E-state index is 0.277. The van der Waals surface area contributed by atoms with Crippen LogP contribution in [0.1, 0.15) is 28.4 Å². The molecule has 1 amide bonds. The molecule has 0 radical (unpaired) electrons. The van der Waals surface area contributed by atoms with Crippen molar-refractivity contribution in [3.63, 3.8) is 0 Å². The Kier molecular flexibility index (Phi) is 3.93. The molecule has 2 nitrogen and oxygen atoms in total. The van der Waals surface area contributed by atoms with Crippen molar-refractivity contribution in [3.05, 3.63) is 41.5 Å². The van der Waals surface area contributed by atoms with Gasteiger partial charge in [0.05, 0.1) is 11.1 Å². The van der Waals surface area contributed by atoms with E-state index in [1.165, 1.54) is 12.1 Å². The first-order valence-electron chi connectivity index (χ1n) is 5.02. The van der Waals surface area contributed by atoms with Crippen molar-refractivity contribution in [1.29, 1.82) is 0 Å². The Morgan fingerprint density at radius 2 is 2.12 bits per heavy atom. The molecule has 0 aliphatic rings. The fraction of sp³-hybridized carbons (Fsp3) is 0.250. The zero-order chi connectivity index (χ0) is 13.1. The van der Waals surface area contributed by atoms with Crippen molar-refractivity contribution in [2.24, 2.45) is 0 Å². The van der Waals surface area contributed by atoms with E-state index in [-0.39, 0.29) is 12.1 Å². The predicted molar refractivity (Wildman–Crippen MR) is 59.5 cm³/mol. The largest absolute Gasteiger partial charge is 0.417 e. The highest BCUT2D eigenvalue weighted by Crippen LogP contribution is 2.32. The topological polar surface area (TPSA) is 29.1 Å². The molecule has 92 valence electrons. The number of nitrogens with one attached hydrogen (secondary N) is 1. The summed E-state index contributed by atoms with van der Waals surface area (Å²) in [6.45, 7) is 5.32. The lowest BCUT2D eigenvalue weighted by atomic mass is 10.0. The van der Waals surface area contributed by atoms with Gasteiger partial charge in [-0.2, -0.15) is 13.2 Å². The molecule has 0 unspecified atom stereocenters. The monoisotopic (exact) mass is 243 g/mol. The molecular formula is C12H12F3NO. The highest BCUT2D eigenvalue weighted by Gasteiger charge is 2.35. The van der Waals surface area contributed by atoms with E-state index in [0.29, 0.717) is 5.56 Å². The quantitative estimate of drug-likeness (QED) is 0.868. The number of alkyl halides is 3. The molecule has 0 spiro atoms. The summed E-state index contributed by atoms with van der Waals surface area (Å²) in [4.78, 5) is 11.5. The van der Waals surface area contributed by atoms with Crippen LogP contribution in [0.2, 0.25) is 0 Å². The highest BCUT2D eigenvalue weighted by molar-refractivity contribution is 5.96. The Balaban J connectivity index is 3.30. The van der Waals surface area contributed by atoms with Gasteiger partial charge in [-0.05, 0) is 24.6 Å². The second-order valence-electron chi connectivity index (χ2n) is 3.37. The van der Waals surface area contributed by atoms with E-state index in [1.807, 2.05) is 0 Å². The zero-order valence-electron chi connectivity index (χ0n) is 9.27. The van der Waals surface area contributed by atoms with Gasteiger partial charge in [-0.15, -0.1) is 0 Å². The molecule has 0 aliphatic carbocycles. The highest BCUT2D eigenvalue weighted by atomic mass is 19.4. The Morgan fingerprint density at radius 3 is 2.59 bits per heavy atom. The van der Waals surface area contributed by atoms with Gasteiger partial charge in [0.1, 0.15) is 0 Å². The number of halogens is 3. The molecule has 0 saturated heterocycles. The minimum Gasteiger partial charge on any atom is -0.352 e. The first-order valence-corrected chi connectivity index (χ1v) is 5.02. The van der Waals surface area contributed by atoms with Crippen molar-refractivity contribution < 1.29 is 18.0 Å². The van der Waals surface area contributed by atoms with Crippen LogP contribution >= 0.6 is 0 Å². The second kappa shape index (κ2) is 5.03. The average Bonchev–Trinajstić information content (AvgIpc) is 2.27. The fourth-order valence-electron chi connectivity index (χ4n) is 1.38. The van der Waals surface area contributed by atoms with E-state index in [4.69, 9.17) is 0 Å². The normalized spacial score (nSPS) is 11.1. The molecule has 1 aromatic rings. The maximum absolute atomic E-state index is 12.8. The van der Waals surface area contributed by atoms with Gasteiger partial charge in [0.25, 0.3) is 5.91 Å². The lowest BCUT2D eigenvalue weighted by Crippen LogP contribution is -2.26. The van der Waals surface area contributed by atoms with Gasteiger partial charge >= 0.3 is 6.18 Å². The van der Waals surface area contributed by atoms with Crippen LogP contribution in [0.5, 0.6) is 0 Å². The number of carbonyl (C=O) groups is 1. The molecule has 0 fully saturated rings. The van der Waals surface area contributed by atoms with E-state index in [1.54, 1.807) is 6.92 Å². The van der Waals surface area contributed by atoms with Gasteiger partial charge in [0, 0.05) is 6.54 Å². The third kappa shape index (κ3) is 3.09. The second-order valence-corrected chi connectivity index (χ2v) is 3.37. The van der Waals surface area contributed by atoms with Crippen LogP contribution in [0, 0.1) is 0 Å². The van der Waals surface area contributed by atoms with E-state index in [2.05, 4.69) is 11.9 Å². The number of benzene rings is 1. The van der Waals surface area contributed by atoms with Gasteiger partial charge < -0.3 is 5.32 Å². The van der Waals surface area contributed by atoms with Crippen LogP contribution in [0.15, 0.2) is 24.8 Å². The molecule has 0 saturated carbocycles. The Bertz CT molecular complexity index is 438. The number of carbonyl (C=O) groups excluding carboxylic acids is 1. The summed E-state index contributed by atoms with van der Waals surface area (Å²) in [5.41, 5.74) is -0.990. The SMILES string of the molecule is C=Cc1ccc(C(=O)NCC)c(C(F)(F)F)c1. The van der Waals surface area contributed by atoms with Gasteiger partial charge in [-0.25, -0.2) is 0 Å². The molecule has 1 N–H and O–H groups in total. The van der Waals surface area contributed by atoms with E-state index in [0.717, 1.165) is 12.1 Å². The summed E-state index contributed by atoms with van der Waals surface area (Å²) < 4.78 is 38.3. The Labute approximate surface area is 97.1 Å². The Morgan fingerprint density at radius 1 is 1.47 bits per heavy atom.